The summed E-state index contributed by atoms with van der Waals surface area (Å²) >= 11 is 0. The molecule has 0 aromatic heterocycles. The number of amides is 1. The first-order valence-corrected chi connectivity index (χ1v) is 4.89. The van der Waals surface area contributed by atoms with E-state index in [9.17, 15) is 4.79 Å². The van der Waals surface area contributed by atoms with Crippen LogP contribution in [0.2, 0.25) is 0 Å². The molecule has 86 valence electrons. The smallest absolute Gasteiger partial charge is 0.209 e. The maximum atomic E-state index is 10.4. The first-order chi connectivity index (χ1) is 7.07. The van der Waals surface area contributed by atoms with Crippen molar-refractivity contribution in [1.82, 2.24) is 5.32 Å². The highest BCUT2D eigenvalue weighted by molar-refractivity contribution is 5.46. The molecule has 2 heterocycles. The average molecular weight is 217 g/mol. The maximum absolute atomic E-state index is 10.4. The molecule has 4 atom stereocenters. The molecule has 0 spiro atoms. The molecule has 0 unspecified atom stereocenters. The number of rotatable bonds is 3. The summed E-state index contributed by atoms with van der Waals surface area (Å²) in [6.45, 7) is 3.42. The number of hydrogen-bond donors (Lipinski definition) is 2. The Kier molecular flexibility index (Phi) is 2.68. The van der Waals surface area contributed by atoms with E-state index in [4.69, 9.17) is 19.3 Å². The van der Waals surface area contributed by atoms with E-state index in [1.807, 2.05) is 0 Å². The molecule has 0 radical (unpaired) electrons. The lowest BCUT2D eigenvalue weighted by molar-refractivity contribution is -0.193. The molecule has 2 fully saturated rings. The van der Waals surface area contributed by atoms with E-state index >= 15 is 0 Å². The van der Waals surface area contributed by atoms with Crippen molar-refractivity contribution in [2.24, 2.45) is 0 Å². The van der Waals surface area contributed by atoms with Crippen molar-refractivity contribution < 1.29 is 24.1 Å². The number of aliphatic hydroxyl groups is 1. The molecule has 0 aromatic carbocycles. The number of carbonyl (C=O) groups is 1. The van der Waals surface area contributed by atoms with Crippen LogP contribution in [0.5, 0.6) is 0 Å². The van der Waals surface area contributed by atoms with Crippen molar-refractivity contribution in [3.63, 3.8) is 0 Å². The molecule has 2 aliphatic heterocycles. The third-order valence-corrected chi connectivity index (χ3v) is 2.56. The van der Waals surface area contributed by atoms with E-state index in [-0.39, 0.29) is 18.8 Å². The van der Waals surface area contributed by atoms with Gasteiger partial charge in [0.15, 0.2) is 12.0 Å². The number of aliphatic hydroxyl groups excluding tert-OH is 1. The van der Waals surface area contributed by atoms with Gasteiger partial charge in [-0.05, 0) is 13.8 Å². The molecule has 0 saturated carbocycles. The van der Waals surface area contributed by atoms with Gasteiger partial charge in [0.1, 0.15) is 18.3 Å². The second-order valence-corrected chi connectivity index (χ2v) is 4.13. The van der Waals surface area contributed by atoms with Gasteiger partial charge in [-0.3, -0.25) is 4.79 Å². The Labute approximate surface area is 87.5 Å². The first kappa shape index (κ1) is 10.8. The summed E-state index contributed by atoms with van der Waals surface area (Å²) in [6, 6.07) is 0. The van der Waals surface area contributed by atoms with Crippen molar-refractivity contribution in [3.8, 4) is 0 Å². The SMILES string of the molecule is CC1(C)O[C@@H]2[C@H](O1)[C@@H](CO)O[C@H]2NC=O. The summed E-state index contributed by atoms with van der Waals surface area (Å²) in [5.74, 6) is -0.699. The quantitative estimate of drug-likeness (QED) is 0.591. The molecule has 6 nitrogen and oxygen atoms in total. The Morgan fingerprint density at radius 3 is 2.67 bits per heavy atom. The summed E-state index contributed by atoms with van der Waals surface area (Å²) < 4.78 is 16.5. The second-order valence-electron chi connectivity index (χ2n) is 4.13. The molecule has 2 aliphatic rings. The summed E-state index contributed by atoms with van der Waals surface area (Å²) in [5.41, 5.74) is 0. The van der Waals surface area contributed by atoms with Gasteiger partial charge in [-0.25, -0.2) is 0 Å². The van der Waals surface area contributed by atoms with Crippen LogP contribution in [0.15, 0.2) is 0 Å². The van der Waals surface area contributed by atoms with Crippen LogP contribution < -0.4 is 5.32 Å². The third-order valence-electron chi connectivity index (χ3n) is 2.56. The van der Waals surface area contributed by atoms with Crippen LogP contribution in [0, 0.1) is 0 Å². The van der Waals surface area contributed by atoms with E-state index in [2.05, 4.69) is 5.32 Å². The third kappa shape index (κ3) is 1.85. The summed E-state index contributed by atoms with van der Waals surface area (Å²) in [5, 5.41) is 11.6. The molecule has 1 amide bonds. The second kappa shape index (κ2) is 3.71. The van der Waals surface area contributed by atoms with Crippen molar-refractivity contribution in [2.75, 3.05) is 6.61 Å². The molecule has 15 heavy (non-hydrogen) atoms. The van der Waals surface area contributed by atoms with Crippen molar-refractivity contribution in [2.45, 2.75) is 44.2 Å². The van der Waals surface area contributed by atoms with Crippen LogP contribution in [0.25, 0.3) is 0 Å². The van der Waals surface area contributed by atoms with Crippen LogP contribution in [0.3, 0.4) is 0 Å². The van der Waals surface area contributed by atoms with Crippen molar-refractivity contribution in [3.05, 3.63) is 0 Å². The highest BCUT2D eigenvalue weighted by Gasteiger charge is 2.54. The van der Waals surface area contributed by atoms with Gasteiger partial charge in [-0.15, -0.1) is 0 Å². The molecule has 2 N–H and O–H groups in total. The fourth-order valence-electron chi connectivity index (χ4n) is 2.03. The van der Waals surface area contributed by atoms with Crippen LogP contribution in [-0.2, 0) is 19.0 Å². The minimum atomic E-state index is -0.699. The van der Waals surface area contributed by atoms with Gasteiger partial charge in [-0.1, -0.05) is 0 Å². The minimum absolute atomic E-state index is 0.155. The monoisotopic (exact) mass is 217 g/mol. The van der Waals surface area contributed by atoms with E-state index < -0.39 is 18.1 Å². The number of fused-ring (bicyclic) bond motifs is 1. The zero-order valence-electron chi connectivity index (χ0n) is 8.67. The summed E-state index contributed by atoms with van der Waals surface area (Å²) in [4.78, 5) is 10.4. The van der Waals surface area contributed by atoms with E-state index in [0.717, 1.165) is 0 Å². The fourth-order valence-corrected chi connectivity index (χ4v) is 2.03. The topological polar surface area (TPSA) is 77.0 Å². The zero-order valence-corrected chi connectivity index (χ0v) is 8.67. The van der Waals surface area contributed by atoms with Gasteiger partial charge in [-0.2, -0.15) is 0 Å². The van der Waals surface area contributed by atoms with E-state index in [1.54, 1.807) is 13.8 Å². The van der Waals surface area contributed by atoms with Gasteiger partial charge in [0.25, 0.3) is 0 Å². The molecule has 0 aromatic rings. The Hall–Kier alpha value is -0.690. The van der Waals surface area contributed by atoms with Crippen LogP contribution in [0.1, 0.15) is 13.8 Å². The van der Waals surface area contributed by atoms with Crippen molar-refractivity contribution >= 4 is 6.41 Å². The Morgan fingerprint density at radius 1 is 1.40 bits per heavy atom. The van der Waals surface area contributed by atoms with Gasteiger partial charge < -0.3 is 24.6 Å². The van der Waals surface area contributed by atoms with Crippen LogP contribution in [0.4, 0.5) is 0 Å². The average Bonchev–Trinajstić information content (AvgIpc) is 2.61. The number of nitrogens with one attached hydrogen (secondary N) is 1. The normalized spacial score (nSPS) is 42.6. The molecule has 2 rings (SSSR count). The highest BCUT2D eigenvalue weighted by atomic mass is 16.8. The maximum Gasteiger partial charge on any atom is 0.209 e. The predicted molar refractivity (Wildman–Crippen MR) is 48.8 cm³/mol. The van der Waals surface area contributed by atoms with Crippen molar-refractivity contribution in [1.29, 1.82) is 0 Å². The Bertz CT molecular complexity index is 257. The predicted octanol–water partition coefficient (Wildman–Crippen LogP) is -1.03. The molecular formula is C9H15NO5. The molecule has 6 heteroatoms. The number of carbonyl (C=O) groups excluding carboxylic acids is 1. The Morgan fingerprint density at radius 2 is 2.07 bits per heavy atom. The van der Waals surface area contributed by atoms with Gasteiger partial charge >= 0.3 is 0 Å². The molecular weight excluding hydrogens is 202 g/mol. The lowest BCUT2D eigenvalue weighted by atomic mass is 10.1. The van der Waals surface area contributed by atoms with Gasteiger partial charge in [0, 0.05) is 0 Å². The summed E-state index contributed by atoms with van der Waals surface area (Å²) in [7, 11) is 0. The molecule has 2 saturated heterocycles. The first-order valence-electron chi connectivity index (χ1n) is 4.89. The minimum Gasteiger partial charge on any atom is -0.394 e. The van der Waals surface area contributed by atoms with Crippen LogP contribution >= 0.6 is 0 Å². The van der Waals surface area contributed by atoms with E-state index in [1.165, 1.54) is 0 Å². The summed E-state index contributed by atoms with van der Waals surface area (Å²) in [6.07, 6.45) is -1.14. The molecule has 0 aliphatic carbocycles. The molecule has 0 bridgehead atoms. The largest absolute Gasteiger partial charge is 0.394 e. The number of hydrogen-bond acceptors (Lipinski definition) is 5. The number of ether oxygens (including phenoxy) is 3. The van der Waals surface area contributed by atoms with Gasteiger partial charge in [0.05, 0.1) is 6.61 Å². The lowest BCUT2D eigenvalue weighted by Gasteiger charge is -2.23. The standard InChI is InChI=1S/C9H15NO5/c1-9(2)14-6-5(3-11)13-8(10-4-12)7(6)15-9/h4-8,11H,3H2,1-2H3,(H,10,12)/t5-,6-,7-,8-/m1/s1. The van der Waals surface area contributed by atoms with E-state index in [0.29, 0.717) is 6.41 Å². The Balaban J connectivity index is 2.11. The van der Waals surface area contributed by atoms with Crippen LogP contribution in [-0.4, -0.2) is 48.5 Å². The van der Waals surface area contributed by atoms with Gasteiger partial charge in [0.2, 0.25) is 6.41 Å². The lowest BCUT2D eigenvalue weighted by Crippen LogP contribution is -2.39. The zero-order chi connectivity index (χ0) is 11.1. The highest BCUT2D eigenvalue weighted by Crippen LogP contribution is 2.37. The fraction of sp³-hybridized carbons (Fsp3) is 0.889.